The van der Waals surface area contributed by atoms with Crippen molar-refractivity contribution in [3.63, 3.8) is 0 Å². The first-order valence-electron chi connectivity index (χ1n) is 10.4. The van der Waals surface area contributed by atoms with Gasteiger partial charge in [-0.2, -0.15) is 5.10 Å². The molecule has 1 unspecified atom stereocenters. The van der Waals surface area contributed by atoms with Crippen molar-refractivity contribution in [3.05, 3.63) is 48.2 Å². The predicted molar refractivity (Wildman–Crippen MR) is 112 cm³/mol. The molecule has 0 spiro atoms. The quantitative estimate of drug-likeness (QED) is 0.796. The van der Waals surface area contributed by atoms with Crippen LogP contribution in [0.15, 0.2) is 42.6 Å². The summed E-state index contributed by atoms with van der Waals surface area (Å²) in [6, 6.07) is 11.8. The molecule has 1 aromatic carbocycles. The van der Waals surface area contributed by atoms with Gasteiger partial charge >= 0.3 is 0 Å². The standard InChI is InChI=1S/C22H27N5O2/c1-2-17-7-3-4-8-19(17)27-16-18(15-21(27)28)22(29)26-12-6-11-25(13-14-26)20-9-5-10-23-24-20/h3-5,7-10,18H,2,6,11-16H2,1H3. The molecule has 0 bridgehead atoms. The van der Waals surface area contributed by atoms with Gasteiger partial charge in [-0.15, -0.1) is 5.10 Å². The van der Waals surface area contributed by atoms with Gasteiger partial charge < -0.3 is 14.7 Å². The Morgan fingerprint density at radius 1 is 1.10 bits per heavy atom. The van der Waals surface area contributed by atoms with Crippen molar-refractivity contribution < 1.29 is 9.59 Å². The van der Waals surface area contributed by atoms with Gasteiger partial charge in [0.15, 0.2) is 5.82 Å². The number of rotatable bonds is 4. The summed E-state index contributed by atoms with van der Waals surface area (Å²) in [4.78, 5) is 31.7. The molecular formula is C22H27N5O2. The molecule has 2 aliphatic heterocycles. The van der Waals surface area contributed by atoms with Crippen LogP contribution >= 0.6 is 0 Å². The molecule has 1 atom stereocenters. The molecule has 2 fully saturated rings. The summed E-state index contributed by atoms with van der Waals surface area (Å²) in [6.45, 7) is 5.49. The summed E-state index contributed by atoms with van der Waals surface area (Å²) < 4.78 is 0. The smallest absolute Gasteiger partial charge is 0.228 e. The molecule has 2 aliphatic rings. The summed E-state index contributed by atoms with van der Waals surface area (Å²) >= 11 is 0. The van der Waals surface area contributed by atoms with E-state index in [0.29, 0.717) is 26.1 Å². The Kier molecular flexibility index (Phi) is 5.74. The molecule has 2 saturated heterocycles. The highest BCUT2D eigenvalue weighted by Crippen LogP contribution is 2.29. The SMILES string of the molecule is CCc1ccccc1N1CC(C(=O)N2CCCN(c3cccnn3)CC2)CC1=O. The van der Waals surface area contributed by atoms with Gasteiger partial charge in [0.1, 0.15) is 0 Å². The second-order valence-electron chi connectivity index (χ2n) is 7.64. The first-order valence-corrected chi connectivity index (χ1v) is 10.4. The average molecular weight is 393 g/mol. The average Bonchev–Trinajstić information content (AvgIpc) is 2.99. The number of para-hydroxylation sites is 1. The highest BCUT2D eigenvalue weighted by molar-refractivity contribution is 6.00. The largest absolute Gasteiger partial charge is 0.353 e. The monoisotopic (exact) mass is 393 g/mol. The molecule has 7 nitrogen and oxygen atoms in total. The molecule has 0 saturated carbocycles. The van der Waals surface area contributed by atoms with Gasteiger partial charge in [0, 0.05) is 51.0 Å². The van der Waals surface area contributed by atoms with E-state index in [1.54, 1.807) is 11.1 Å². The normalized spacial score (nSPS) is 20.1. The van der Waals surface area contributed by atoms with Crippen molar-refractivity contribution in [1.82, 2.24) is 15.1 Å². The van der Waals surface area contributed by atoms with E-state index in [2.05, 4.69) is 22.0 Å². The minimum atomic E-state index is -0.268. The van der Waals surface area contributed by atoms with Gasteiger partial charge in [-0.3, -0.25) is 9.59 Å². The maximum atomic E-state index is 13.2. The zero-order chi connectivity index (χ0) is 20.2. The Hall–Kier alpha value is -2.96. The topological polar surface area (TPSA) is 69.6 Å². The highest BCUT2D eigenvalue weighted by Gasteiger charge is 2.38. The van der Waals surface area contributed by atoms with Crippen LogP contribution in [0.1, 0.15) is 25.3 Å². The van der Waals surface area contributed by atoms with Crippen molar-refractivity contribution in [2.75, 3.05) is 42.5 Å². The van der Waals surface area contributed by atoms with E-state index < -0.39 is 0 Å². The van der Waals surface area contributed by atoms with Crippen LogP contribution in [-0.2, 0) is 16.0 Å². The van der Waals surface area contributed by atoms with E-state index in [1.807, 2.05) is 41.3 Å². The Bertz CT molecular complexity index is 873. The van der Waals surface area contributed by atoms with Gasteiger partial charge in [0.25, 0.3) is 0 Å². The molecule has 2 amide bonds. The summed E-state index contributed by atoms with van der Waals surface area (Å²) in [7, 11) is 0. The number of aromatic nitrogens is 2. The molecule has 7 heteroatoms. The van der Waals surface area contributed by atoms with Gasteiger partial charge in [-0.1, -0.05) is 25.1 Å². The van der Waals surface area contributed by atoms with Gasteiger partial charge in [0.05, 0.1) is 5.92 Å². The van der Waals surface area contributed by atoms with Gasteiger partial charge in [-0.05, 0) is 36.6 Å². The zero-order valence-electron chi connectivity index (χ0n) is 16.8. The molecule has 0 N–H and O–H groups in total. The number of hydrogen-bond acceptors (Lipinski definition) is 5. The molecule has 0 radical (unpaired) electrons. The van der Waals surface area contributed by atoms with E-state index in [-0.39, 0.29) is 17.7 Å². The van der Waals surface area contributed by atoms with Crippen LogP contribution < -0.4 is 9.80 Å². The third kappa shape index (κ3) is 4.09. The lowest BCUT2D eigenvalue weighted by Crippen LogP contribution is -2.40. The fourth-order valence-electron chi connectivity index (χ4n) is 4.27. The summed E-state index contributed by atoms with van der Waals surface area (Å²) in [6.07, 6.45) is 3.70. The first kappa shape index (κ1) is 19.4. The lowest BCUT2D eigenvalue weighted by Gasteiger charge is -2.25. The number of amides is 2. The Morgan fingerprint density at radius 3 is 2.76 bits per heavy atom. The molecule has 29 heavy (non-hydrogen) atoms. The maximum Gasteiger partial charge on any atom is 0.228 e. The molecule has 152 valence electrons. The molecule has 2 aromatic rings. The number of aryl methyl sites for hydroxylation is 1. The second-order valence-corrected chi connectivity index (χ2v) is 7.64. The summed E-state index contributed by atoms with van der Waals surface area (Å²) in [5.74, 6) is 0.715. The Morgan fingerprint density at radius 2 is 1.97 bits per heavy atom. The summed E-state index contributed by atoms with van der Waals surface area (Å²) in [5, 5.41) is 8.13. The minimum absolute atomic E-state index is 0.0419. The third-order valence-corrected chi connectivity index (χ3v) is 5.83. The third-order valence-electron chi connectivity index (χ3n) is 5.83. The fraction of sp³-hybridized carbons (Fsp3) is 0.455. The maximum absolute atomic E-state index is 13.2. The lowest BCUT2D eigenvalue weighted by molar-refractivity contribution is -0.135. The molecular weight excluding hydrogens is 366 g/mol. The van der Waals surface area contributed by atoms with Crippen molar-refractivity contribution in [1.29, 1.82) is 0 Å². The van der Waals surface area contributed by atoms with Crippen LogP contribution in [0, 0.1) is 5.92 Å². The van der Waals surface area contributed by atoms with E-state index in [9.17, 15) is 9.59 Å². The number of benzene rings is 1. The Labute approximate surface area is 171 Å². The van der Waals surface area contributed by atoms with Crippen LogP contribution in [0.4, 0.5) is 11.5 Å². The predicted octanol–water partition coefficient (Wildman–Crippen LogP) is 2.13. The lowest BCUT2D eigenvalue weighted by atomic mass is 10.1. The first-order chi connectivity index (χ1) is 14.2. The van der Waals surface area contributed by atoms with Crippen LogP contribution in [0.5, 0.6) is 0 Å². The molecule has 4 rings (SSSR count). The molecule has 1 aromatic heterocycles. The van der Waals surface area contributed by atoms with E-state index in [0.717, 1.165) is 43.0 Å². The number of carbonyl (C=O) groups excluding carboxylic acids is 2. The van der Waals surface area contributed by atoms with Gasteiger partial charge in [0.2, 0.25) is 11.8 Å². The zero-order valence-corrected chi connectivity index (χ0v) is 16.8. The molecule has 3 heterocycles. The van der Waals surface area contributed by atoms with Crippen molar-refractivity contribution in [3.8, 4) is 0 Å². The highest BCUT2D eigenvalue weighted by atomic mass is 16.2. The minimum Gasteiger partial charge on any atom is -0.353 e. The number of anilines is 2. The fourth-order valence-corrected chi connectivity index (χ4v) is 4.27. The van der Waals surface area contributed by atoms with Crippen molar-refractivity contribution >= 4 is 23.3 Å². The Balaban J connectivity index is 1.42. The van der Waals surface area contributed by atoms with E-state index >= 15 is 0 Å². The van der Waals surface area contributed by atoms with E-state index in [4.69, 9.17) is 0 Å². The number of nitrogens with zero attached hydrogens (tertiary/aromatic N) is 5. The van der Waals surface area contributed by atoms with E-state index in [1.165, 1.54) is 0 Å². The second kappa shape index (κ2) is 8.59. The van der Waals surface area contributed by atoms with Crippen LogP contribution in [0.25, 0.3) is 0 Å². The van der Waals surface area contributed by atoms with Crippen molar-refractivity contribution in [2.45, 2.75) is 26.2 Å². The molecule has 0 aliphatic carbocycles. The van der Waals surface area contributed by atoms with Gasteiger partial charge in [-0.25, -0.2) is 0 Å². The number of hydrogen-bond donors (Lipinski definition) is 0. The van der Waals surface area contributed by atoms with Crippen LogP contribution in [0.3, 0.4) is 0 Å². The van der Waals surface area contributed by atoms with Crippen LogP contribution in [0.2, 0.25) is 0 Å². The summed E-state index contributed by atoms with van der Waals surface area (Å²) in [5.41, 5.74) is 2.09. The van der Waals surface area contributed by atoms with Crippen molar-refractivity contribution in [2.24, 2.45) is 5.92 Å². The number of carbonyl (C=O) groups is 2. The van der Waals surface area contributed by atoms with Crippen LogP contribution in [-0.4, -0.2) is 59.6 Å².